The van der Waals surface area contributed by atoms with Gasteiger partial charge in [-0.2, -0.15) is 0 Å². The van der Waals surface area contributed by atoms with Crippen molar-refractivity contribution in [2.75, 3.05) is 5.32 Å². The second-order valence-electron chi connectivity index (χ2n) is 3.61. The summed E-state index contributed by atoms with van der Waals surface area (Å²) >= 11 is 1.32. The summed E-state index contributed by atoms with van der Waals surface area (Å²) in [6, 6.07) is 3.62. The Kier molecular flexibility index (Phi) is 3.14. The van der Waals surface area contributed by atoms with Crippen LogP contribution in [-0.4, -0.2) is 16.1 Å². The molecular formula is C11H12N2O3S. The van der Waals surface area contributed by atoms with Crippen molar-refractivity contribution in [2.24, 2.45) is 0 Å². The molecule has 0 aliphatic carbocycles. The van der Waals surface area contributed by atoms with Gasteiger partial charge in [0.05, 0.1) is 12.3 Å². The van der Waals surface area contributed by atoms with Crippen LogP contribution in [0, 0.1) is 6.92 Å². The molecule has 2 aromatic rings. The molecule has 0 amide bonds. The van der Waals surface area contributed by atoms with Crippen LogP contribution in [0.25, 0.3) is 0 Å². The highest BCUT2D eigenvalue weighted by Crippen LogP contribution is 2.26. The maximum atomic E-state index is 10.8. The SMILES string of the molecule is Cc1sc(NC(C)c2ccco2)nc1C(=O)O. The lowest BCUT2D eigenvalue weighted by molar-refractivity contribution is 0.0690. The fraction of sp³-hybridized carbons (Fsp3) is 0.273. The number of anilines is 1. The van der Waals surface area contributed by atoms with Gasteiger partial charge in [-0.1, -0.05) is 0 Å². The second kappa shape index (κ2) is 4.58. The van der Waals surface area contributed by atoms with E-state index in [1.165, 1.54) is 11.3 Å². The molecule has 0 spiro atoms. The molecular weight excluding hydrogens is 240 g/mol. The van der Waals surface area contributed by atoms with Gasteiger partial charge in [-0.15, -0.1) is 11.3 Å². The Balaban J connectivity index is 2.14. The standard InChI is InChI=1S/C11H12N2O3S/c1-6(8-4-3-5-16-8)12-11-13-9(10(14)15)7(2)17-11/h3-6H,1-2H3,(H,12,13)(H,14,15). The number of carboxylic acid groups (broad SMARTS) is 1. The van der Waals surface area contributed by atoms with Gasteiger partial charge in [-0.3, -0.25) is 0 Å². The Labute approximate surface area is 102 Å². The monoisotopic (exact) mass is 252 g/mol. The Morgan fingerprint density at radius 2 is 2.41 bits per heavy atom. The van der Waals surface area contributed by atoms with Gasteiger partial charge in [-0.05, 0) is 26.0 Å². The van der Waals surface area contributed by atoms with E-state index in [-0.39, 0.29) is 11.7 Å². The molecule has 0 aliphatic rings. The van der Waals surface area contributed by atoms with Crippen LogP contribution in [0.4, 0.5) is 5.13 Å². The van der Waals surface area contributed by atoms with Gasteiger partial charge in [0.1, 0.15) is 5.76 Å². The molecule has 6 heteroatoms. The van der Waals surface area contributed by atoms with Crippen LogP contribution in [0.2, 0.25) is 0 Å². The van der Waals surface area contributed by atoms with Crippen molar-refractivity contribution >= 4 is 22.4 Å². The third-order valence-corrected chi connectivity index (χ3v) is 3.21. The van der Waals surface area contributed by atoms with E-state index < -0.39 is 5.97 Å². The van der Waals surface area contributed by atoms with Crippen LogP contribution in [0.1, 0.15) is 34.1 Å². The minimum atomic E-state index is -1.00. The Morgan fingerprint density at radius 3 is 2.94 bits per heavy atom. The third-order valence-electron chi connectivity index (χ3n) is 2.31. The second-order valence-corrected chi connectivity index (χ2v) is 4.81. The smallest absolute Gasteiger partial charge is 0.355 e. The van der Waals surface area contributed by atoms with E-state index in [9.17, 15) is 4.79 Å². The van der Waals surface area contributed by atoms with Crippen molar-refractivity contribution in [3.8, 4) is 0 Å². The minimum Gasteiger partial charge on any atom is -0.476 e. The first-order chi connectivity index (χ1) is 8.08. The number of rotatable bonds is 4. The topological polar surface area (TPSA) is 75.4 Å². The zero-order chi connectivity index (χ0) is 12.4. The molecule has 1 unspecified atom stereocenters. The van der Waals surface area contributed by atoms with Crippen LogP contribution in [-0.2, 0) is 0 Å². The van der Waals surface area contributed by atoms with Gasteiger partial charge in [0.15, 0.2) is 10.8 Å². The van der Waals surface area contributed by atoms with Gasteiger partial charge < -0.3 is 14.8 Å². The highest BCUT2D eigenvalue weighted by molar-refractivity contribution is 7.15. The molecule has 2 heterocycles. The fourth-order valence-electron chi connectivity index (χ4n) is 1.45. The van der Waals surface area contributed by atoms with Crippen LogP contribution < -0.4 is 5.32 Å². The van der Waals surface area contributed by atoms with E-state index in [4.69, 9.17) is 9.52 Å². The highest BCUT2D eigenvalue weighted by atomic mass is 32.1. The van der Waals surface area contributed by atoms with Crippen LogP contribution in [0.3, 0.4) is 0 Å². The number of thiazole rings is 1. The number of furan rings is 1. The normalized spacial score (nSPS) is 12.4. The number of aryl methyl sites for hydroxylation is 1. The van der Waals surface area contributed by atoms with E-state index in [1.54, 1.807) is 13.2 Å². The third kappa shape index (κ3) is 2.47. The number of nitrogens with one attached hydrogen (secondary N) is 1. The molecule has 0 aromatic carbocycles. The number of hydrogen-bond donors (Lipinski definition) is 2. The number of nitrogens with zero attached hydrogens (tertiary/aromatic N) is 1. The number of aromatic nitrogens is 1. The average molecular weight is 252 g/mol. The Hall–Kier alpha value is -1.82. The van der Waals surface area contributed by atoms with Gasteiger partial charge in [0.2, 0.25) is 0 Å². The summed E-state index contributed by atoms with van der Waals surface area (Å²) in [6.07, 6.45) is 1.60. The maximum Gasteiger partial charge on any atom is 0.355 e. The predicted octanol–water partition coefficient (Wildman–Crippen LogP) is 2.92. The molecule has 1 atom stereocenters. The lowest BCUT2D eigenvalue weighted by Gasteiger charge is -2.09. The molecule has 2 rings (SSSR count). The molecule has 2 aromatic heterocycles. The van der Waals surface area contributed by atoms with E-state index >= 15 is 0 Å². The first-order valence-electron chi connectivity index (χ1n) is 5.08. The number of carbonyl (C=O) groups is 1. The molecule has 17 heavy (non-hydrogen) atoms. The van der Waals surface area contributed by atoms with Crippen molar-refractivity contribution in [1.82, 2.24) is 4.98 Å². The van der Waals surface area contributed by atoms with E-state index in [0.29, 0.717) is 10.0 Å². The van der Waals surface area contributed by atoms with Gasteiger partial charge in [0, 0.05) is 4.88 Å². The first kappa shape index (κ1) is 11.7. The summed E-state index contributed by atoms with van der Waals surface area (Å²) in [5, 5.41) is 12.6. The summed E-state index contributed by atoms with van der Waals surface area (Å²) in [5.74, 6) is -0.216. The predicted molar refractivity (Wildman–Crippen MR) is 64.6 cm³/mol. The number of carboxylic acids is 1. The molecule has 90 valence electrons. The van der Waals surface area contributed by atoms with E-state index in [1.807, 2.05) is 19.1 Å². The van der Waals surface area contributed by atoms with Crippen molar-refractivity contribution in [2.45, 2.75) is 19.9 Å². The van der Waals surface area contributed by atoms with Gasteiger partial charge in [0.25, 0.3) is 0 Å². The molecule has 0 radical (unpaired) electrons. The quantitative estimate of drug-likeness (QED) is 0.875. The van der Waals surface area contributed by atoms with Crippen LogP contribution in [0.5, 0.6) is 0 Å². The minimum absolute atomic E-state index is 0.0443. The summed E-state index contributed by atoms with van der Waals surface area (Å²) in [5.41, 5.74) is 0.101. The van der Waals surface area contributed by atoms with Crippen molar-refractivity contribution < 1.29 is 14.3 Å². The van der Waals surface area contributed by atoms with Crippen molar-refractivity contribution in [3.63, 3.8) is 0 Å². The zero-order valence-corrected chi connectivity index (χ0v) is 10.2. The van der Waals surface area contributed by atoms with Gasteiger partial charge >= 0.3 is 5.97 Å². The average Bonchev–Trinajstić information content (AvgIpc) is 2.86. The summed E-state index contributed by atoms with van der Waals surface area (Å²) in [6.45, 7) is 3.67. The molecule has 2 N–H and O–H groups in total. The Morgan fingerprint density at radius 1 is 1.65 bits per heavy atom. The molecule has 0 fully saturated rings. The van der Waals surface area contributed by atoms with E-state index in [2.05, 4.69) is 10.3 Å². The summed E-state index contributed by atoms with van der Waals surface area (Å²) < 4.78 is 5.25. The zero-order valence-electron chi connectivity index (χ0n) is 9.43. The van der Waals surface area contributed by atoms with Crippen molar-refractivity contribution in [1.29, 1.82) is 0 Å². The summed E-state index contributed by atoms with van der Waals surface area (Å²) in [4.78, 5) is 15.6. The maximum absolute atomic E-state index is 10.8. The largest absolute Gasteiger partial charge is 0.476 e. The molecule has 0 bridgehead atoms. The van der Waals surface area contributed by atoms with Crippen molar-refractivity contribution in [3.05, 3.63) is 34.7 Å². The summed E-state index contributed by atoms with van der Waals surface area (Å²) in [7, 11) is 0. The number of hydrogen-bond acceptors (Lipinski definition) is 5. The van der Waals surface area contributed by atoms with Crippen LogP contribution >= 0.6 is 11.3 Å². The van der Waals surface area contributed by atoms with Crippen LogP contribution in [0.15, 0.2) is 22.8 Å². The fourth-order valence-corrected chi connectivity index (χ4v) is 2.34. The van der Waals surface area contributed by atoms with E-state index in [0.717, 1.165) is 5.76 Å². The Bertz CT molecular complexity index is 519. The lowest BCUT2D eigenvalue weighted by Crippen LogP contribution is -2.06. The molecule has 0 saturated carbocycles. The molecule has 0 saturated heterocycles. The number of aromatic carboxylic acids is 1. The highest BCUT2D eigenvalue weighted by Gasteiger charge is 2.16. The lowest BCUT2D eigenvalue weighted by atomic mass is 10.3. The molecule has 0 aliphatic heterocycles. The van der Waals surface area contributed by atoms with Gasteiger partial charge in [-0.25, -0.2) is 9.78 Å². The first-order valence-corrected chi connectivity index (χ1v) is 5.90. The molecule has 5 nitrogen and oxygen atoms in total.